The molecular weight excluding hydrogens is 559 g/mol. The van der Waals surface area contributed by atoms with Crippen LogP contribution in [0.25, 0.3) is 6.08 Å². The molecule has 134 valence electrons. The first-order valence-electron chi connectivity index (χ1n) is 7.09. The monoisotopic (exact) mass is 566 g/mol. The summed E-state index contributed by atoms with van der Waals surface area (Å²) in [7, 11) is 0. The summed E-state index contributed by atoms with van der Waals surface area (Å²) >= 11 is 12.0. The number of amides is 3. The smallest absolute Gasteiger partial charge is 0.294 e. The van der Waals surface area contributed by atoms with Crippen molar-refractivity contribution in [3.63, 3.8) is 0 Å². The first kappa shape index (κ1) is 19.5. The number of imide groups is 1. The van der Waals surface area contributed by atoms with Crippen molar-refractivity contribution in [3.05, 3.63) is 54.3 Å². The van der Waals surface area contributed by atoms with Gasteiger partial charge in [-0.1, -0.05) is 11.6 Å². The molecule has 1 aromatic carbocycles. The molecule has 0 saturated carbocycles. The summed E-state index contributed by atoms with van der Waals surface area (Å²) < 4.78 is 6.73. The van der Waals surface area contributed by atoms with E-state index in [1.807, 2.05) is 22.6 Å². The van der Waals surface area contributed by atoms with Crippen LogP contribution < -0.4 is 5.32 Å². The maximum atomic E-state index is 12.4. The molecule has 0 radical (unpaired) electrons. The number of nitrogens with one attached hydrogen (secondary N) is 1. The minimum absolute atomic E-state index is 0.209. The SMILES string of the molecule is O=C(CN1C(=O)S/C(=C\c2ccc(I)o2)C1=O)Nc1ccc(Br)c(Cl)c1. The van der Waals surface area contributed by atoms with Crippen molar-refractivity contribution >= 4 is 90.7 Å². The molecule has 6 nitrogen and oxygen atoms in total. The van der Waals surface area contributed by atoms with Gasteiger partial charge in [0.2, 0.25) is 5.91 Å². The number of benzene rings is 1. The van der Waals surface area contributed by atoms with Crippen LogP contribution in [0.5, 0.6) is 0 Å². The van der Waals surface area contributed by atoms with E-state index in [2.05, 4.69) is 21.2 Å². The zero-order chi connectivity index (χ0) is 18.8. The van der Waals surface area contributed by atoms with Crippen molar-refractivity contribution < 1.29 is 18.8 Å². The van der Waals surface area contributed by atoms with E-state index in [9.17, 15) is 14.4 Å². The maximum Gasteiger partial charge on any atom is 0.294 e. The molecule has 1 aliphatic rings. The Morgan fingerprint density at radius 2 is 2.12 bits per heavy atom. The van der Waals surface area contributed by atoms with Crippen molar-refractivity contribution in [1.82, 2.24) is 4.90 Å². The number of hydrogen-bond acceptors (Lipinski definition) is 5. The van der Waals surface area contributed by atoms with E-state index >= 15 is 0 Å². The highest BCUT2D eigenvalue weighted by atomic mass is 127. The number of carbonyl (C=O) groups excluding carboxylic acids is 3. The molecule has 1 aromatic heterocycles. The van der Waals surface area contributed by atoms with Gasteiger partial charge < -0.3 is 9.73 Å². The first-order chi connectivity index (χ1) is 12.3. The van der Waals surface area contributed by atoms with Crippen LogP contribution in [0.3, 0.4) is 0 Å². The standard InChI is InChI=1S/C16H9BrClIN2O4S/c17-10-3-1-8(5-11(10)18)20-14(22)7-21-15(23)12(26-16(21)24)6-9-2-4-13(19)25-9/h1-6H,7H2,(H,20,22)/b12-6-. The third kappa shape index (κ3) is 4.51. The fourth-order valence-electron chi connectivity index (χ4n) is 2.09. The zero-order valence-corrected chi connectivity index (χ0v) is 18.1. The normalized spacial score (nSPS) is 15.8. The Balaban J connectivity index is 1.68. The Morgan fingerprint density at radius 3 is 2.77 bits per heavy atom. The van der Waals surface area contributed by atoms with Gasteiger partial charge in [0.25, 0.3) is 11.1 Å². The second kappa shape index (κ2) is 8.15. The molecule has 1 aliphatic heterocycles. The molecule has 26 heavy (non-hydrogen) atoms. The fourth-order valence-corrected chi connectivity index (χ4v) is 3.77. The average molecular weight is 568 g/mol. The van der Waals surface area contributed by atoms with Gasteiger partial charge in [-0.15, -0.1) is 0 Å². The van der Waals surface area contributed by atoms with Crippen molar-refractivity contribution in [1.29, 1.82) is 0 Å². The zero-order valence-electron chi connectivity index (χ0n) is 12.8. The lowest BCUT2D eigenvalue weighted by atomic mass is 10.3. The summed E-state index contributed by atoms with van der Waals surface area (Å²) in [6.45, 7) is -0.384. The van der Waals surface area contributed by atoms with Crippen LogP contribution >= 0.6 is 61.9 Å². The predicted octanol–water partition coefficient (Wildman–Crippen LogP) is 4.98. The molecular formula is C16H9BrClIN2O4S. The van der Waals surface area contributed by atoms with E-state index in [1.165, 1.54) is 6.08 Å². The molecule has 3 rings (SSSR count). The quantitative estimate of drug-likeness (QED) is 0.417. The van der Waals surface area contributed by atoms with E-state index in [4.69, 9.17) is 16.0 Å². The van der Waals surface area contributed by atoms with Crippen LogP contribution in [0.1, 0.15) is 5.76 Å². The Bertz CT molecular complexity index is 946. The molecule has 10 heteroatoms. The molecule has 2 aromatic rings. The number of thioether (sulfide) groups is 1. The third-order valence-electron chi connectivity index (χ3n) is 3.25. The number of furan rings is 1. The van der Waals surface area contributed by atoms with Gasteiger partial charge in [-0.25, -0.2) is 0 Å². The molecule has 1 fully saturated rings. The van der Waals surface area contributed by atoms with Crippen LogP contribution in [0.15, 0.2) is 44.1 Å². The van der Waals surface area contributed by atoms with Gasteiger partial charge in [0.1, 0.15) is 12.3 Å². The highest BCUT2D eigenvalue weighted by molar-refractivity contribution is 14.1. The van der Waals surface area contributed by atoms with E-state index in [1.54, 1.807) is 30.3 Å². The Labute approximate surface area is 179 Å². The highest BCUT2D eigenvalue weighted by Gasteiger charge is 2.36. The molecule has 0 atom stereocenters. The van der Waals surface area contributed by atoms with Gasteiger partial charge in [-0.2, -0.15) is 0 Å². The Kier molecular flexibility index (Phi) is 6.10. The number of anilines is 1. The minimum atomic E-state index is -0.532. The van der Waals surface area contributed by atoms with E-state index in [0.29, 0.717) is 24.7 Å². The van der Waals surface area contributed by atoms with Gasteiger partial charge in [0.05, 0.1) is 9.93 Å². The van der Waals surface area contributed by atoms with Crippen LogP contribution in [-0.4, -0.2) is 28.5 Å². The predicted molar refractivity (Wildman–Crippen MR) is 112 cm³/mol. The number of nitrogens with zero attached hydrogens (tertiary/aromatic N) is 1. The molecule has 1 saturated heterocycles. The summed E-state index contributed by atoms with van der Waals surface area (Å²) in [5, 5.41) is 2.53. The summed E-state index contributed by atoms with van der Waals surface area (Å²) in [6, 6.07) is 8.34. The second-order valence-corrected chi connectivity index (χ2v) is 8.40. The number of rotatable bonds is 4. The van der Waals surface area contributed by atoms with E-state index in [-0.39, 0.29) is 11.4 Å². The maximum absolute atomic E-state index is 12.4. The van der Waals surface area contributed by atoms with Crippen molar-refractivity contribution in [2.24, 2.45) is 0 Å². The van der Waals surface area contributed by atoms with Gasteiger partial charge in [-0.3, -0.25) is 19.3 Å². The Hall–Kier alpha value is -1.30. The topological polar surface area (TPSA) is 79.6 Å². The third-order valence-corrected chi connectivity index (χ3v) is 5.97. The molecule has 0 unspecified atom stereocenters. The van der Waals surface area contributed by atoms with Gasteiger partial charge in [-0.05, 0) is 80.6 Å². The molecule has 2 heterocycles. The number of hydrogen-bond donors (Lipinski definition) is 1. The summed E-state index contributed by atoms with van der Waals surface area (Å²) in [6.07, 6.45) is 1.49. The lowest BCUT2D eigenvalue weighted by Crippen LogP contribution is -2.36. The molecule has 1 N–H and O–H groups in total. The van der Waals surface area contributed by atoms with Gasteiger partial charge in [0.15, 0.2) is 3.77 Å². The van der Waals surface area contributed by atoms with Crippen molar-refractivity contribution in [3.8, 4) is 0 Å². The lowest BCUT2D eigenvalue weighted by Gasteiger charge is -2.12. The molecule has 3 amide bonds. The lowest BCUT2D eigenvalue weighted by molar-refractivity contribution is -0.127. The van der Waals surface area contributed by atoms with Crippen LogP contribution in [0, 0.1) is 3.77 Å². The average Bonchev–Trinajstić information content (AvgIpc) is 3.09. The highest BCUT2D eigenvalue weighted by Crippen LogP contribution is 2.32. The van der Waals surface area contributed by atoms with Crippen LogP contribution in [0.4, 0.5) is 10.5 Å². The molecule has 0 aliphatic carbocycles. The first-order valence-corrected chi connectivity index (χ1v) is 10.2. The van der Waals surface area contributed by atoms with Crippen LogP contribution in [-0.2, 0) is 9.59 Å². The summed E-state index contributed by atoms with van der Waals surface area (Å²) in [5.41, 5.74) is 0.468. The molecule has 0 bridgehead atoms. The Morgan fingerprint density at radius 1 is 1.35 bits per heavy atom. The fraction of sp³-hybridized carbons (Fsp3) is 0.0625. The number of halogens is 3. The van der Waals surface area contributed by atoms with E-state index < -0.39 is 17.1 Å². The van der Waals surface area contributed by atoms with E-state index in [0.717, 1.165) is 16.7 Å². The van der Waals surface area contributed by atoms with Crippen molar-refractivity contribution in [2.45, 2.75) is 0 Å². The summed E-state index contributed by atoms with van der Waals surface area (Å²) in [5.74, 6) is -0.566. The minimum Gasteiger partial charge on any atom is -0.451 e. The van der Waals surface area contributed by atoms with Crippen molar-refractivity contribution in [2.75, 3.05) is 11.9 Å². The second-order valence-electron chi connectivity index (χ2n) is 5.09. The van der Waals surface area contributed by atoms with Gasteiger partial charge >= 0.3 is 0 Å². The molecule has 0 spiro atoms. The summed E-state index contributed by atoms with van der Waals surface area (Å²) in [4.78, 5) is 37.7. The van der Waals surface area contributed by atoms with Crippen LogP contribution in [0.2, 0.25) is 5.02 Å². The number of carbonyl (C=O) groups is 3. The van der Waals surface area contributed by atoms with Gasteiger partial charge in [0, 0.05) is 16.2 Å². The largest absolute Gasteiger partial charge is 0.451 e.